The van der Waals surface area contributed by atoms with Crippen molar-refractivity contribution in [3.63, 3.8) is 0 Å². The van der Waals surface area contributed by atoms with Crippen LogP contribution in [0.15, 0.2) is 17.7 Å². The van der Waals surface area contributed by atoms with Crippen LogP contribution in [0, 0.1) is 24.2 Å². The van der Waals surface area contributed by atoms with Crippen molar-refractivity contribution >= 4 is 12.1 Å². The van der Waals surface area contributed by atoms with Gasteiger partial charge in [-0.05, 0) is 62.5 Å². The molecule has 0 aromatic heterocycles. The molecule has 27 heavy (non-hydrogen) atoms. The van der Waals surface area contributed by atoms with Crippen LogP contribution in [0.4, 0.5) is 0 Å². The highest BCUT2D eigenvalue weighted by Gasteiger charge is 2.42. The third kappa shape index (κ3) is 4.26. The van der Waals surface area contributed by atoms with Crippen LogP contribution in [-0.2, 0) is 11.2 Å². The Morgan fingerprint density at radius 3 is 2.63 bits per heavy atom. The van der Waals surface area contributed by atoms with E-state index in [0.717, 1.165) is 24.8 Å². The Labute approximate surface area is 162 Å². The molecule has 0 saturated heterocycles. The second kappa shape index (κ2) is 8.28. The Morgan fingerprint density at radius 2 is 2.00 bits per heavy atom. The highest BCUT2D eigenvalue weighted by atomic mass is 16.3. The largest absolute Gasteiger partial charge is 0.508 e. The number of rotatable bonds is 6. The number of hydrogen-bond donors (Lipinski definition) is 2. The number of aryl methyl sites for hydroxylation is 1. The maximum absolute atomic E-state index is 12.2. The van der Waals surface area contributed by atoms with Gasteiger partial charge in [-0.2, -0.15) is 0 Å². The normalized spacial score (nSPS) is 26.3. The van der Waals surface area contributed by atoms with Gasteiger partial charge in [0.2, 0.25) is 0 Å². The Balaban J connectivity index is 2.11. The number of phenols is 2. The molecule has 1 aromatic carbocycles. The molecule has 3 atom stereocenters. The number of aldehydes is 1. The lowest BCUT2D eigenvalue weighted by Crippen LogP contribution is -2.41. The number of hydrogen-bond acceptors (Lipinski definition) is 4. The number of aromatic hydroxyl groups is 2. The number of phenolic OH excluding ortho intramolecular Hbond substituents is 2. The van der Waals surface area contributed by atoms with Crippen LogP contribution >= 0.6 is 0 Å². The molecule has 4 heteroatoms. The highest BCUT2D eigenvalue weighted by Crippen LogP contribution is 2.47. The van der Waals surface area contributed by atoms with Gasteiger partial charge in [0.15, 0.2) is 6.29 Å². The maximum atomic E-state index is 12.2. The van der Waals surface area contributed by atoms with Gasteiger partial charge in [0.1, 0.15) is 17.3 Å². The second-order valence-corrected chi connectivity index (χ2v) is 8.46. The van der Waals surface area contributed by atoms with E-state index in [2.05, 4.69) is 20.8 Å². The summed E-state index contributed by atoms with van der Waals surface area (Å²) >= 11 is 0. The van der Waals surface area contributed by atoms with Gasteiger partial charge in [-0.15, -0.1) is 0 Å². The number of ketones is 1. The molecule has 0 bridgehead atoms. The van der Waals surface area contributed by atoms with E-state index in [1.807, 2.05) is 13.0 Å². The summed E-state index contributed by atoms with van der Waals surface area (Å²) in [5.74, 6) is 0.825. The van der Waals surface area contributed by atoms with Gasteiger partial charge >= 0.3 is 0 Å². The van der Waals surface area contributed by atoms with E-state index in [0.29, 0.717) is 42.0 Å². The minimum Gasteiger partial charge on any atom is -0.508 e. The average molecular weight is 373 g/mol. The Bertz CT molecular complexity index is 762. The molecular formula is C23H32O4. The zero-order valence-corrected chi connectivity index (χ0v) is 17.1. The summed E-state index contributed by atoms with van der Waals surface area (Å²) in [5.41, 5.74) is 2.32. The molecule has 2 rings (SSSR count). The molecule has 4 nitrogen and oxygen atoms in total. The van der Waals surface area contributed by atoms with E-state index in [-0.39, 0.29) is 28.4 Å². The fraction of sp³-hybridized carbons (Fsp3) is 0.565. The first-order valence-corrected chi connectivity index (χ1v) is 9.79. The molecule has 1 aromatic rings. The first-order chi connectivity index (χ1) is 12.6. The number of carbonyl (C=O) groups excluding carboxylic acids is 2. The van der Waals surface area contributed by atoms with Crippen molar-refractivity contribution in [3.05, 3.63) is 34.4 Å². The van der Waals surface area contributed by atoms with E-state index in [1.165, 1.54) is 6.07 Å². The van der Waals surface area contributed by atoms with E-state index >= 15 is 0 Å². The first-order valence-electron chi connectivity index (χ1n) is 9.79. The molecule has 2 N–H and O–H groups in total. The SMILES string of the molecule is CC(=CCc1c(O)cc(C)c(C=O)c1O)CC[C@@]1(C)[C@H](C)CCC(=O)[C@@H]1C. The molecule has 1 saturated carbocycles. The predicted molar refractivity (Wildman–Crippen MR) is 107 cm³/mol. The van der Waals surface area contributed by atoms with E-state index in [9.17, 15) is 19.8 Å². The van der Waals surface area contributed by atoms with Crippen LogP contribution in [0.25, 0.3) is 0 Å². The van der Waals surface area contributed by atoms with Crippen molar-refractivity contribution in [2.45, 2.75) is 66.7 Å². The van der Waals surface area contributed by atoms with Gasteiger partial charge in [-0.25, -0.2) is 0 Å². The summed E-state index contributed by atoms with van der Waals surface area (Å²) in [6.07, 6.45) is 6.43. The Morgan fingerprint density at radius 1 is 1.33 bits per heavy atom. The van der Waals surface area contributed by atoms with Gasteiger partial charge in [-0.1, -0.05) is 32.4 Å². The number of carbonyl (C=O) groups is 2. The van der Waals surface area contributed by atoms with Crippen LogP contribution in [-0.4, -0.2) is 22.3 Å². The summed E-state index contributed by atoms with van der Waals surface area (Å²) < 4.78 is 0. The third-order valence-corrected chi connectivity index (χ3v) is 6.88. The third-order valence-electron chi connectivity index (χ3n) is 6.88. The average Bonchev–Trinajstić information content (AvgIpc) is 2.61. The van der Waals surface area contributed by atoms with Crippen molar-refractivity contribution in [1.29, 1.82) is 0 Å². The first kappa shape index (κ1) is 21.2. The van der Waals surface area contributed by atoms with E-state index in [1.54, 1.807) is 6.92 Å². The van der Waals surface area contributed by atoms with Gasteiger partial charge in [0.25, 0.3) is 0 Å². The smallest absolute Gasteiger partial charge is 0.154 e. The molecule has 148 valence electrons. The van der Waals surface area contributed by atoms with Gasteiger partial charge in [0, 0.05) is 17.9 Å². The standard InChI is InChI=1S/C23H32O4/c1-14(10-11-23(5)16(3)7-9-20(25)17(23)4)6-8-18-21(26)12-15(2)19(13-24)22(18)27/h6,12-13,16-17,26-27H,7-11H2,1-5H3/t16-,17+,23+/m1/s1. The summed E-state index contributed by atoms with van der Waals surface area (Å²) in [7, 11) is 0. The highest BCUT2D eigenvalue weighted by molar-refractivity contribution is 5.83. The molecule has 0 spiro atoms. The molecule has 0 radical (unpaired) electrons. The van der Waals surface area contributed by atoms with E-state index < -0.39 is 0 Å². The second-order valence-electron chi connectivity index (χ2n) is 8.46. The number of allylic oxidation sites excluding steroid dienone is 2. The minimum atomic E-state index is -0.140. The molecular weight excluding hydrogens is 340 g/mol. The van der Waals surface area contributed by atoms with Gasteiger partial charge in [0.05, 0.1) is 5.56 Å². The molecule has 1 fully saturated rings. The number of benzene rings is 1. The zero-order valence-electron chi connectivity index (χ0n) is 17.1. The molecule has 1 aliphatic carbocycles. The van der Waals surface area contributed by atoms with Gasteiger partial charge in [-0.3, -0.25) is 9.59 Å². The molecule has 0 unspecified atom stereocenters. The van der Waals surface area contributed by atoms with Crippen molar-refractivity contribution in [2.24, 2.45) is 17.3 Å². The van der Waals surface area contributed by atoms with Crippen molar-refractivity contribution in [1.82, 2.24) is 0 Å². The quantitative estimate of drug-likeness (QED) is 0.536. The predicted octanol–water partition coefficient (Wildman–Crippen LogP) is 5.13. The van der Waals surface area contributed by atoms with Gasteiger partial charge < -0.3 is 10.2 Å². The monoisotopic (exact) mass is 372 g/mol. The zero-order chi connectivity index (χ0) is 20.4. The van der Waals surface area contributed by atoms with Crippen molar-refractivity contribution < 1.29 is 19.8 Å². The molecule has 0 heterocycles. The lowest BCUT2D eigenvalue weighted by molar-refractivity contribution is -0.132. The van der Waals surface area contributed by atoms with Crippen LogP contribution in [0.2, 0.25) is 0 Å². The summed E-state index contributed by atoms with van der Waals surface area (Å²) in [4.78, 5) is 23.3. The molecule has 0 aliphatic heterocycles. The number of Topliss-reactive ketones (excluding diaryl/α,β-unsaturated/α-hetero) is 1. The van der Waals surface area contributed by atoms with Crippen LogP contribution in [0.3, 0.4) is 0 Å². The lowest BCUT2D eigenvalue weighted by atomic mass is 9.59. The fourth-order valence-corrected chi connectivity index (χ4v) is 4.20. The lowest BCUT2D eigenvalue weighted by Gasteiger charge is -2.44. The van der Waals surface area contributed by atoms with Crippen LogP contribution in [0.5, 0.6) is 11.5 Å². The Kier molecular flexibility index (Phi) is 6.50. The summed E-state index contributed by atoms with van der Waals surface area (Å²) in [6.45, 7) is 10.2. The maximum Gasteiger partial charge on any atom is 0.154 e. The fourth-order valence-electron chi connectivity index (χ4n) is 4.20. The van der Waals surface area contributed by atoms with Crippen molar-refractivity contribution in [3.8, 4) is 11.5 Å². The molecule has 0 amide bonds. The minimum absolute atomic E-state index is 0.00323. The molecule has 1 aliphatic rings. The summed E-state index contributed by atoms with van der Waals surface area (Å²) in [6, 6.07) is 1.51. The Hall–Kier alpha value is -2.10. The topological polar surface area (TPSA) is 74.6 Å². The van der Waals surface area contributed by atoms with Crippen LogP contribution in [0.1, 0.15) is 74.9 Å². The van der Waals surface area contributed by atoms with Crippen molar-refractivity contribution in [2.75, 3.05) is 0 Å². The summed E-state index contributed by atoms with van der Waals surface area (Å²) in [5, 5.41) is 20.4. The van der Waals surface area contributed by atoms with Crippen LogP contribution < -0.4 is 0 Å². The van der Waals surface area contributed by atoms with E-state index in [4.69, 9.17) is 0 Å².